The zero-order chi connectivity index (χ0) is 13.0. The summed E-state index contributed by atoms with van der Waals surface area (Å²) in [5, 5.41) is 0. The number of carbonyl (C=O) groups is 1. The summed E-state index contributed by atoms with van der Waals surface area (Å²) in [4.78, 5) is 15.2. The maximum atomic E-state index is 11.5. The second-order valence-corrected chi connectivity index (χ2v) is 6.74. The molecule has 0 radical (unpaired) electrons. The van der Waals surface area contributed by atoms with E-state index in [1.165, 1.54) is 11.3 Å². The van der Waals surface area contributed by atoms with Crippen molar-refractivity contribution in [1.29, 1.82) is 0 Å². The number of thiazole rings is 1. The van der Waals surface area contributed by atoms with Gasteiger partial charge in [0.2, 0.25) is 0 Å². The van der Waals surface area contributed by atoms with Crippen molar-refractivity contribution in [2.75, 3.05) is 6.61 Å². The van der Waals surface area contributed by atoms with Crippen molar-refractivity contribution in [3.05, 3.63) is 24.3 Å². The second-order valence-electron chi connectivity index (χ2n) is 3.00. The molecule has 18 heavy (non-hydrogen) atoms. The Hall–Kier alpha value is -1.12. The Balaban J connectivity index is 2.00. The predicted molar refractivity (Wildman–Crippen MR) is 71.7 cm³/mol. The van der Waals surface area contributed by atoms with Crippen molar-refractivity contribution in [1.82, 2.24) is 4.98 Å². The summed E-state index contributed by atoms with van der Waals surface area (Å²) < 4.78 is 22.1. The summed E-state index contributed by atoms with van der Waals surface area (Å²) >= 11 is 1.39. The van der Waals surface area contributed by atoms with Gasteiger partial charge in [0.25, 0.3) is 10.1 Å². The van der Waals surface area contributed by atoms with Crippen LogP contribution in [-0.4, -0.2) is 22.0 Å². The maximum absolute atomic E-state index is 11.5. The molecule has 0 aliphatic heterocycles. The highest BCUT2D eigenvalue weighted by Crippen LogP contribution is 2.31. The van der Waals surface area contributed by atoms with Crippen LogP contribution in [-0.2, 0) is 19.0 Å². The highest BCUT2D eigenvalue weighted by molar-refractivity contribution is 8.67. The SMILES string of the molecule is CCOC(=O)OS(=O)Sc1nc2ccccc2s1. The number of benzene rings is 1. The number of para-hydroxylation sites is 1. The minimum atomic E-state index is -1.84. The standard InChI is InChI=1S/C10H9NO4S3/c1-2-14-10(12)15-18(13)17-9-11-7-5-3-4-6-8(7)16-9/h3-6H,2H2,1H3. The van der Waals surface area contributed by atoms with Gasteiger partial charge < -0.3 is 8.92 Å². The molecule has 1 aromatic heterocycles. The number of ether oxygens (including phenoxy) is 1. The van der Waals surface area contributed by atoms with Crippen LogP contribution in [0.1, 0.15) is 6.92 Å². The summed E-state index contributed by atoms with van der Waals surface area (Å²) in [6.07, 6.45) is -0.940. The van der Waals surface area contributed by atoms with Crippen molar-refractivity contribution in [2.24, 2.45) is 0 Å². The Morgan fingerprint density at radius 2 is 2.28 bits per heavy atom. The van der Waals surface area contributed by atoms with Crippen LogP contribution >= 0.6 is 22.1 Å². The molecule has 0 bridgehead atoms. The lowest BCUT2D eigenvalue weighted by Gasteiger charge is -2.00. The second kappa shape index (κ2) is 6.17. The van der Waals surface area contributed by atoms with Crippen LogP contribution in [0.3, 0.4) is 0 Å². The Kier molecular flexibility index (Phi) is 4.56. The van der Waals surface area contributed by atoms with Crippen molar-refractivity contribution >= 4 is 48.6 Å². The summed E-state index contributed by atoms with van der Waals surface area (Å²) in [7, 11) is -0.959. The third-order valence-corrected chi connectivity index (χ3v) is 5.19. The van der Waals surface area contributed by atoms with Gasteiger partial charge in [0.1, 0.15) is 0 Å². The van der Waals surface area contributed by atoms with E-state index in [9.17, 15) is 9.00 Å². The lowest BCUT2D eigenvalue weighted by molar-refractivity contribution is 0.110. The lowest BCUT2D eigenvalue weighted by atomic mass is 10.3. The quantitative estimate of drug-likeness (QED) is 0.638. The van der Waals surface area contributed by atoms with Crippen molar-refractivity contribution in [3.8, 4) is 0 Å². The van der Waals surface area contributed by atoms with Gasteiger partial charge in [-0.3, -0.25) is 0 Å². The Morgan fingerprint density at radius 3 is 3.00 bits per heavy atom. The van der Waals surface area contributed by atoms with Gasteiger partial charge in [-0.2, -0.15) is 0 Å². The molecule has 0 amide bonds. The van der Waals surface area contributed by atoms with Crippen LogP contribution in [0.4, 0.5) is 4.79 Å². The number of hydrogen-bond acceptors (Lipinski definition) is 7. The number of carbonyl (C=O) groups excluding carboxylic acids is 1. The number of hydrogen-bond donors (Lipinski definition) is 0. The highest BCUT2D eigenvalue weighted by Gasteiger charge is 2.14. The first kappa shape index (κ1) is 13.3. The van der Waals surface area contributed by atoms with Gasteiger partial charge in [-0.25, -0.2) is 14.0 Å². The minimum absolute atomic E-state index is 0.182. The number of rotatable bonds is 4. The van der Waals surface area contributed by atoms with E-state index >= 15 is 0 Å². The average Bonchev–Trinajstić information content (AvgIpc) is 2.70. The van der Waals surface area contributed by atoms with E-state index in [2.05, 4.69) is 13.9 Å². The van der Waals surface area contributed by atoms with Crippen LogP contribution in [0, 0.1) is 0 Å². The van der Waals surface area contributed by atoms with Gasteiger partial charge in [0, 0.05) is 10.8 Å². The molecule has 5 nitrogen and oxygen atoms in total. The molecule has 0 saturated carbocycles. The van der Waals surface area contributed by atoms with Crippen LogP contribution in [0.25, 0.3) is 10.2 Å². The molecule has 0 fully saturated rings. The molecule has 1 unspecified atom stereocenters. The fourth-order valence-electron chi connectivity index (χ4n) is 1.16. The van der Waals surface area contributed by atoms with Gasteiger partial charge in [0.15, 0.2) is 4.34 Å². The third kappa shape index (κ3) is 3.44. The summed E-state index contributed by atoms with van der Waals surface area (Å²) in [6, 6.07) is 7.57. The molecule has 0 spiro atoms. The van der Waals surface area contributed by atoms with Crippen LogP contribution in [0.15, 0.2) is 28.6 Å². The van der Waals surface area contributed by atoms with Crippen molar-refractivity contribution in [2.45, 2.75) is 11.3 Å². The molecular formula is C10H9NO4S3. The average molecular weight is 303 g/mol. The molecule has 0 N–H and O–H groups in total. The van der Waals surface area contributed by atoms with Crippen LogP contribution in [0.5, 0.6) is 0 Å². The predicted octanol–water partition coefficient (Wildman–Crippen LogP) is 3.14. The van der Waals surface area contributed by atoms with Gasteiger partial charge in [-0.05, 0) is 19.1 Å². The zero-order valence-corrected chi connectivity index (χ0v) is 11.8. The molecule has 0 saturated heterocycles. The zero-order valence-electron chi connectivity index (χ0n) is 9.32. The van der Waals surface area contributed by atoms with Crippen molar-refractivity contribution < 1.29 is 17.9 Å². The smallest absolute Gasteiger partial charge is 0.434 e. The van der Waals surface area contributed by atoms with E-state index in [0.29, 0.717) is 4.34 Å². The molecule has 8 heteroatoms. The molecule has 1 heterocycles. The number of fused-ring (bicyclic) bond motifs is 1. The Morgan fingerprint density at radius 1 is 1.50 bits per heavy atom. The molecule has 2 aromatic rings. The largest absolute Gasteiger partial charge is 0.523 e. The van der Waals surface area contributed by atoms with E-state index in [1.54, 1.807) is 6.92 Å². The topological polar surface area (TPSA) is 65.5 Å². The van der Waals surface area contributed by atoms with Crippen LogP contribution in [0.2, 0.25) is 0 Å². The summed E-state index contributed by atoms with van der Waals surface area (Å²) in [5.74, 6) is 0. The molecule has 1 atom stereocenters. The fourth-order valence-corrected chi connectivity index (χ4v) is 4.24. The van der Waals surface area contributed by atoms with Crippen LogP contribution < -0.4 is 0 Å². The molecule has 2 rings (SSSR count). The van der Waals surface area contributed by atoms with Gasteiger partial charge in [-0.15, -0.1) is 11.3 Å². The maximum Gasteiger partial charge on any atom is 0.523 e. The van der Waals surface area contributed by atoms with E-state index in [4.69, 9.17) is 0 Å². The molecule has 96 valence electrons. The normalized spacial score (nSPS) is 12.3. The monoisotopic (exact) mass is 303 g/mol. The Bertz CT molecular complexity index is 550. The van der Waals surface area contributed by atoms with E-state index < -0.39 is 16.3 Å². The van der Waals surface area contributed by atoms with E-state index in [-0.39, 0.29) is 6.61 Å². The first-order chi connectivity index (χ1) is 8.69. The van der Waals surface area contributed by atoms with Gasteiger partial charge >= 0.3 is 6.16 Å². The van der Waals surface area contributed by atoms with E-state index in [0.717, 1.165) is 21.0 Å². The van der Waals surface area contributed by atoms with Gasteiger partial charge in [-0.1, -0.05) is 12.1 Å². The number of nitrogens with zero attached hydrogens (tertiary/aromatic N) is 1. The highest BCUT2D eigenvalue weighted by atomic mass is 33.1. The first-order valence-corrected chi connectivity index (χ1v) is 8.22. The minimum Gasteiger partial charge on any atom is -0.434 e. The first-order valence-electron chi connectivity index (χ1n) is 5.00. The summed E-state index contributed by atoms with van der Waals surface area (Å²) in [5.41, 5.74) is 0.832. The molecule has 0 aliphatic rings. The number of aromatic nitrogens is 1. The molecule has 1 aromatic carbocycles. The lowest BCUT2D eigenvalue weighted by Crippen LogP contribution is -2.07. The fraction of sp³-hybridized carbons (Fsp3) is 0.200. The third-order valence-electron chi connectivity index (χ3n) is 1.81. The van der Waals surface area contributed by atoms with E-state index in [1.807, 2.05) is 24.3 Å². The summed E-state index contributed by atoms with van der Waals surface area (Å²) in [6.45, 7) is 1.83. The molecular weight excluding hydrogens is 294 g/mol. The Labute approximate surface area is 114 Å². The molecule has 0 aliphatic carbocycles. The van der Waals surface area contributed by atoms with Gasteiger partial charge in [0.05, 0.1) is 16.8 Å². The van der Waals surface area contributed by atoms with Crippen molar-refractivity contribution in [3.63, 3.8) is 0 Å².